The minimum absolute atomic E-state index is 0.0487. The number of unbranched alkanes of at least 4 members (excludes halogenated alkanes) is 1. The molecule has 0 unspecified atom stereocenters. The fourth-order valence-electron chi connectivity index (χ4n) is 4.27. The predicted octanol–water partition coefficient (Wildman–Crippen LogP) is 2.44. The van der Waals surface area contributed by atoms with Crippen LogP contribution in [0.1, 0.15) is 38.5 Å². The van der Waals surface area contributed by atoms with E-state index in [4.69, 9.17) is 37.4 Å². The van der Waals surface area contributed by atoms with Gasteiger partial charge in [0.25, 0.3) is 0 Å². The molecule has 0 aromatic heterocycles. The second-order valence-corrected chi connectivity index (χ2v) is 11.0. The molecule has 0 aromatic rings. The van der Waals surface area contributed by atoms with E-state index >= 15 is 0 Å². The molecule has 2 rings (SSSR count). The van der Waals surface area contributed by atoms with Crippen LogP contribution in [0.15, 0.2) is 0 Å². The molecule has 36 heavy (non-hydrogen) atoms. The van der Waals surface area contributed by atoms with Gasteiger partial charge in [-0.3, -0.25) is 4.79 Å². The van der Waals surface area contributed by atoms with Crippen molar-refractivity contribution < 1.29 is 23.8 Å². The summed E-state index contributed by atoms with van der Waals surface area (Å²) in [6.45, 7) is 6.78. The SMILES string of the molecule is O=C(CCCC[C@@H]1SC[C@@H]2NC(=O)N[C@@H]21)NCCCOCCOCCOCCCN(CCCl)CCCl. The fraction of sp³-hybridized carbons (Fsp3) is 0.917. The zero-order valence-electron chi connectivity index (χ0n) is 21.3. The van der Waals surface area contributed by atoms with Gasteiger partial charge in [0.15, 0.2) is 0 Å². The maximum atomic E-state index is 12.0. The Labute approximate surface area is 230 Å². The van der Waals surface area contributed by atoms with Crippen molar-refractivity contribution in [2.24, 2.45) is 0 Å². The van der Waals surface area contributed by atoms with Crippen LogP contribution in [-0.4, -0.2) is 118 Å². The van der Waals surface area contributed by atoms with Crippen LogP contribution in [0.3, 0.4) is 0 Å². The fourth-order valence-corrected chi connectivity index (χ4v) is 6.29. The molecule has 0 radical (unpaired) electrons. The highest BCUT2D eigenvalue weighted by Crippen LogP contribution is 2.33. The molecule has 3 amide bonds. The van der Waals surface area contributed by atoms with Gasteiger partial charge in [0.05, 0.1) is 38.5 Å². The first kappa shape index (κ1) is 31.7. The number of halogens is 2. The molecular weight excluding hydrogens is 527 g/mol. The third-order valence-electron chi connectivity index (χ3n) is 6.18. The van der Waals surface area contributed by atoms with Gasteiger partial charge in [-0.2, -0.15) is 11.8 Å². The summed E-state index contributed by atoms with van der Waals surface area (Å²) in [6.07, 6.45) is 5.19. The molecule has 2 fully saturated rings. The Morgan fingerprint density at radius 3 is 2.28 bits per heavy atom. The Hall–Kier alpha value is -0.490. The normalized spacial score (nSPS) is 21.0. The molecule has 0 saturated carbocycles. The number of nitrogens with zero attached hydrogens (tertiary/aromatic N) is 1. The number of ether oxygens (including phenoxy) is 3. The standard InChI is InChI=1S/C24H44Cl2N4O5S/c25-7-11-30(12-8-26)10-4-14-34-16-18-35-17-15-33-13-3-9-27-22(31)6-2-1-5-21-23-20(19-36-21)28-24(32)29-23/h20-21,23H,1-19H2,(H,27,31)(H2,28,29,32)/t20-,21-,23-/m0/s1. The number of hydrogen-bond donors (Lipinski definition) is 3. The van der Waals surface area contributed by atoms with Crippen LogP contribution in [-0.2, 0) is 19.0 Å². The van der Waals surface area contributed by atoms with Crippen LogP contribution in [0.25, 0.3) is 0 Å². The summed E-state index contributed by atoms with van der Waals surface area (Å²) in [5.41, 5.74) is 0. The van der Waals surface area contributed by atoms with Gasteiger partial charge in [-0.1, -0.05) is 6.42 Å². The summed E-state index contributed by atoms with van der Waals surface area (Å²) < 4.78 is 16.6. The number of fused-ring (bicyclic) bond motifs is 1. The molecule has 3 N–H and O–H groups in total. The zero-order valence-corrected chi connectivity index (χ0v) is 23.6. The van der Waals surface area contributed by atoms with Crippen LogP contribution < -0.4 is 16.0 Å². The molecular formula is C24H44Cl2N4O5S. The van der Waals surface area contributed by atoms with Crippen LogP contribution in [0.5, 0.6) is 0 Å². The molecule has 2 aliphatic rings. The zero-order chi connectivity index (χ0) is 25.8. The third kappa shape index (κ3) is 13.9. The Kier molecular flexibility index (Phi) is 18.0. The van der Waals surface area contributed by atoms with Crippen molar-refractivity contribution in [3.8, 4) is 0 Å². The lowest BCUT2D eigenvalue weighted by atomic mass is 10.0. The number of nitrogens with one attached hydrogen (secondary N) is 3. The van der Waals surface area contributed by atoms with E-state index in [0.29, 0.717) is 69.6 Å². The minimum Gasteiger partial charge on any atom is -0.379 e. The van der Waals surface area contributed by atoms with Gasteiger partial charge in [0.1, 0.15) is 0 Å². The number of amides is 3. The quantitative estimate of drug-likeness (QED) is 0.0984. The van der Waals surface area contributed by atoms with E-state index in [1.807, 2.05) is 11.8 Å². The van der Waals surface area contributed by atoms with E-state index in [9.17, 15) is 9.59 Å². The third-order valence-corrected chi connectivity index (χ3v) is 8.02. The van der Waals surface area contributed by atoms with Gasteiger partial charge >= 0.3 is 6.03 Å². The van der Waals surface area contributed by atoms with Crippen LogP contribution >= 0.6 is 35.0 Å². The van der Waals surface area contributed by atoms with Crippen LogP contribution in [0.2, 0.25) is 0 Å². The van der Waals surface area contributed by atoms with Crippen molar-refractivity contribution in [3.05, 3.63) is 0 Å². The average Bonchev–Trinajstić information content (AvgIpc) is 3.41. The monoisotopic (exact) mass is 570 g/mol. The van der Waals surface area contributed by atoms with Gasteiger partial charge in [-0.15, -0.1) is 23.2 Å². The average molecular weight is 572 g/mol. The molecule has 210 valence electrons. The Morgan fingerprint density at radius 1 is 0.917 bits per heavy atom. The van der Waals surface area contributed by atoms with Crippen molar-refractivity contribution in [1.82, 2.24) is 20.9 Å². The summed E-state index contributed by atoms with van der Waals surface area (Å²) in [7, 11) is 0. The van der Waals surface area contributed by atoms with E-state index in [1.165, 1.54) is 0 Å². The van der Waals surface area contributed by atoms with E-state index in [0.717, 1.165) is 57.5 Å². The molecule has 2 saturated heterocycles. The Morgan fingerprint density at radius 2 is 1.58 bits per heavy atom. The molecule has 0 aliphatic carbocycles. The number of alkyl halides is 2. The van der Waals surface area contributed by atoms with Gasteiger partial charge in [0, 0.05) is 68.6 Å². The summed E-state index contributed by atoms with van der Waals surface area (Å²) >= 11 is 13.5. The van der Waals surface area contributed by atoms with E-state index in [1.54, 1.807) is 0 Å². The molecule has 0 aromatic carbocycles. The maximum Gasteiger partial charge on any atom is 0.315 e. The van der Waals surface area contributed by atoms with E-state index < -0.39 is 0 Å². The number of hydrogen-bond acceptors (Lipinski definition) is 7. The highest BCUT2D eigenvalue weighted by atomic mass is 35.5. The van der Waals surface area contributed by atoms with Crippen LogP contribution in [0, 0.1) is 0 Å². The number of urea groups is 1. The summed E-state index contributed by atoms with van der Waals surface area (Å²) in [5, 5.41) is 9.38. The lowest BCUT2D eigenvalue weighted by Gasteiger charge is -2.19. The molecule has 9 nitrogen and oxygen atoms in total. The molecule has 2 aliphatic heterocycles. The topological polar surface area (TPSA) is 101 Å². The number of rotatable bonds is 23. The first-order valence-electron chi connectivity index (χ1n) is 13.2. The maximum absolute atomic E-state index is 12.0. The lowest BCUT2D eigenvalue weighted by molar-refractivity contribution is -0.121. The van der Waals surface area contributed by atoms with Crippen molar-refractivity contribution in [1.29, 1.82) is 0 Å². The van der Waals surface area contributed by atoms with Crippen molar-refractivity contribution in [3.63, 3.8) is 0 Å². The lowest BCUT2D eigenvalue weighted by Crippen LogP contribution is -2.36. The van der Waals surface area contributed by atoms with Gasteiger partial charge in [0.2, 0.25) is 5.91 Å². The Bertz CT molecular complexity index is 605. The highest BCUT2D eigenvalue weighted by molar-refractivity contribution is 8.00. The smallest absolute Gasteiger partial charge is 0.315 e. The second kappa shape index (κ2) is 20.5. The predicted molar refractivity (Wildman–Crippen MR) is 147 cm³/mol. The minimum atomic E-state index is -0.0487. The summed E-state index contributed by atoms with van der Waals surface area (Å²) in [6, 6.07) is 0.455. The van der Waals surface area contributed by atoms with Crippen molar-refractivity contribution in [2.75, 3.05) is 83.3 Å². The van der Waals surface area contributed by atoms with Crippen molar-refractivity contribution >= 4 is 46.9 Å². The summed E-state index contributed by atoms with van der Waals surface area (Å²) in [5.74, 6) is 2.30. The van der Waals surface area contributed by atoms with E-state index in [-0.39, 0.29) is 24.0 Å². The molecule has 12 heteroatoms. The molecule has 0 bridgehead atoms. The van der Waals surface area contributed by atoms with E-state index in [2.05, 4.69) is 20.9 Å². The number of carbonyl (C=O) groups is 2. The van der Waals surface area contributed by atoms with Crippen LogP contribution in [0.4, 0.5) is 4.79 Å². The van der Waals surface area contributed by atoms with Gasteiger partial charge in [-0.05, 0) is 25.7 Å². The summed E-state index contributed by atoms with van der Waals surface area (Å²) in [4.78, 5) is 25.7. The number of thioether (sulfide) groups is 1. The molecule has 0 spiro atoms. The largest absolute Gasteiger partial charge is 0.379 e. The Balaban J connectivity index is 1.28. The highest BCUT2D eigenvalue weighted by Gasteiger charge is 2.42. The van der Waals surface area contributed by atoms with Gasteiger partial charge < -0.3 is 35.1 Å². The second-order valence-electron chi connectivity index (χ2n) is 8.98. The molecule has 3 atom stereocenters. The first-order chi connectivity index (χ1) is 17.6. The van der Waals surface area contributed by atoms with Gasteiger partial charge in [-0.25, -0.2) is 4.79 Å². The van der Waals surface area contributed by atoms with Crippen molar-refractivity contribution in [2.45, 2.75) is 55.9 Å². The first-order valence-corrected chi connectivity index (χ1v) is 15.3. The number of carbonyl (C=O) groups excluding carboxylic acids is 2. The molecule has 2 heterocycles.